The van der Waals surface area contributed by atoms with Crippen LogP contribution in [0.25, 0.3) is 0 Å². The fourth-order valence-corrected chi connectivity index (χ4v) is 5.45. The number of halogens is 1. The molecule has 0 aromatic heterocycles. The molecule has 1 aromatic rings. The highest BCUT2D eigenvalue weighted by Crippen LogP contribution is 2.23. The van der Waals surface area contributed by atoms with Gasteiger partial charge in [-0.2, -0.15) is 0 Å². The van der Waals surface area contributed by atoms with Gasteiger partial charge in [-0.15, -0.1) is 0 Å². The number of piperazine rings is 1. The van der Waals surface area contributed by atoms with E-state index in [0.29, 0.717) is 43.2 Å². The third-order valence-electron chi connectivity index (χ3n) is 4.81. The zero-order valence-electron chi connectivity index (χ0n) is 13.9. The minimum atomic E-state index is -2.96. The summed E-state index contributed by atoms with van der Waals surface area (Å²) in [7, 11) is -2.96. The first-order valence-corrected chi connectivity index (χ1v) is 10.6. The van der Waals surface area contributed by atoms with Crippen LogP contribution in [0.15, 0.2) is 24.3 Å². The van der Waals surface area contributed by atoms with Crippen molar-refractivity contribution >= 4 is 33.3 Å². The summed E-state index contributed by atoms with van der Waals surface area (Å²) < 4.78 is 23.0. The Morgan fingerprint density at radius 3 is 2.32 bits per heavy atom. The van der Waals surface area contributed by atoms with E-state index in [1.807, 2.05) is 0 Å². The van der Waals surface area contributed by atoms with Gasteiger partial charge in [-0.25, -0.2) is 8.42 Å². The third-order valence-corrected chi connectivity index (χ3v) is 6.98. The van der Waals surface area contributed by atoms with Gasteiger partial charge in [0.2, 0.25) is 5.91 Å². The molecule has 0 bridgehead atoms. The number of rotatable bonds is 3. The van der Waals surface area contributed by atoms with Crippen LogP contribution < -0.4 is 0 Å². The number of nitrogens with zero attached hydrogens (tertiary/aromatic N) is 2. The minimum absolute atomic E-state index is 0.0213. The van der Waals surface area contributed by atoms with E-state index in [1.165, 1.54) is 0 Å². The lowest BCUT2D eigenvalue weighted by Gasteiger charge is -2.35. The molecule has 0 saturated carbocycles. The van der Waals surface area contributed by atoms with Crippen LogP contribution in [-0.2, 0) is 14.6 Å². The van der Waals surface area contributed by atoms with E-state index in [1.54, 1.807) is 34.1 Å². The highest BCUT2D eigenvalue weighted by molar-refractivity contribution is 7.91. The molecule has 2 amide bonds. The summed E-state index contributed by atoms with van der Waals surface area (Å²) in [5.74, 6) is 0.0844. The summed E-state index contributed by atoms with van der Waals surface area (Å²) in [5, 5.41) is 0.424. The summed E-state index contributed by atoms with van der Waals surface area (Å²) in [5.41, 5.74) is 0.472. The molecule has 2 heterocycles. The van der Waals surface area contributed by atoms with Crippen molar-refractivity contribution in [3.8, 4) is 0 Å². The van der Waals surface area contributed by atoms with E-state index >= 15 is 0 Å². The number of sulfone groups is 1. The van der Waals surface area contributed by atoms with Crippen molar-refractivity contribution in [2.24, 2.45) is 5.92 Å². The first kappa shape index (κ1) is 18.2. The third kappa shape index (κ3) is 4.33. The van der Waals surface area contributed by atoms with Crippen LogP contribution >= 0.6 is 11.6 Å². The Bertz CT molecular complexity index is 773. The highest BCUT2D eigenvalue weighted by atomic mass is 35.5. The number of benzene rings is 1. The van der Waals surface area contributed by atoms with Gasteiger partial charge in [0, 0.05) is 32.6 Å². The second-order valence-corrected chi connectivity index (χ2v) is 9.26. The van der Waals surface area contributed by atoms with Crippen molar-refractivity contribution in [2.75, 3.05) is 37.7 Å². The maximum atomic E-state index is 12.5. The smallest absolute Gasteiger partial charge is 0.255 e. The predicted molar refractivity (Wildman–Crippen MR) is 95.3 cm³/mol. The Morgan fingerprint density at radius 1 is 1.08 bits per heavy atom. The van der Waals surface area contributed by atoms with Gasteiger partial charge < -0.3 is 9.80 Å². The van der Waals surface area contributed by atoms with Crippen molar-refractivity contribution in [1.29, 1.82) is 0 Å². The maximum Gasteiger partial charge on any atom is 0.255 e. The molecule has 6 nitrogen and oxygen atoms in total. The van der Waals surface area contributed by atoms with Gasteiger partial charge in [0.25, 0.3) is 5.91 Å². The van der Waals surface area contributed by atoms with E-state index in [9.17, 15) is 18.0 Å². The fraction of sp³-hybridized carbons (Fsp3) is 0.529. The van der Waals surface area contributed by atoms with Gasteiger partial charge in [-0.3, -0.25) is 9.59 Å². The lowest BCUT2D eigenvalue weighted by atomic mass is 10.0. The Kier molecular flexibility index (Phi) is 5.34. The van der Waals surface area contributed by atoms with E-state index in [2.05, 4.69) is 0 Å². The van der Waals surface area contributed by atoms with Gasteiger partial charge in [0.05, 0.1) is 22.1 Å². The maximum absolute atomic E-state index is 12.5. The van der Waals surface area contributed by atoms with Crippen molar-refractivity contribution in [3.05, 3.63) is 34.9 Å². The molecule has 3 rings (SSSR count). The lowest BCUT2D eigenvalue weighted by molar-refractivity contribution is -0.133. The van der Waals surface area contributed by atoms with Crippen LogP contribution in [0.4, 0.5) is 0 Å². The van der Waals surface area contributed by atoms with E-state index in [4.69, 9.17) is 11.6 Å². The standard InChI is InChI=1S/C17H21ClN2O4S/c18-15-4-2-1-3-14(15)17(22)20-8-6-19(7-9-20)16(21)11-13-5-10-25(23,24)12-13/h1-4,13H,5-12H2. The Morgan fingerprint density at radius 2 is 1.72 bits per heavy atom. The van der Waals surface area contributed by atoms with Gasteiger partial charge >= 0.3 is 0 Å². The van der Waals surface area contributed by atoms with Crippen molar-refractivity contribution in [3.63, 3.8) is 0 Å². The van der Waals surface area contributed by atoms with E-state index in [-0.39, 0.29) is 35.7 Å². The quantitative estimate of drug-likeness (QED) is 0.790. The van der Waals surface area contributed by atoms with Gasteiger partial charge in [0.1, 0.15) is 0 Å². The molecule has 136 valence electrons. The largest absolute Gasteiger partial charge is 0.339 e. The normalized spacial score (nSPS) is 22.8. The number of carbonyl (C=O) groups is 2. The Balaban J connectivity index is 1.52. The summed E-state index contributed by atoms with van der Waals surface area (Å²) in [6.07, 6.45) is 0.844. The molecule has 0 spiro atoms. The van der Waals surface area contributed by atoms with Crippen molar-refractivity contribution in [1.82, 2.24) is 9.80 Å². The SMILES string of the molecule is O=C(CC1CCS(=O)(=O)C1)N1CCN(C(=O)c2ccccc2Cl)CC1. The van der Waals surface area contributed by atoms with Crippen LogP contribution in [0.3, 0.4) is 0 Å². The Hall–Kier alpha value is -1.60. The molecule has 2 aliphatic heterocycles. The summed E-state index contributed by atoms with van der Waals surface area (Å²) in [6, 6.07) is 6.93. The van der Waals surface area contributed by atoms with Gasteiger partial charge in [-0.1, -0.05) is 23.7 Å². The molecule has 2 aliphatic rings. The van der Waals surface area contributed by atoms with Crippen molar-refractivity contribution < 1.29 is 18.0 Å². The van der Waals surface area contributed by atoms with Crippen LogP contribution in [0, 0.1) is 5.92 Å². The summed E-state index contributed by atoms with van der Waals surface area (Å²) >= 11 is 6.07. The molecule has 0 N–H and O–H groups in total. The average molecular weight is 385 g/mol. The topological polar surface area (TPSA) is 74.8 Å². The lowest BCUT2D eigenvalue weighted by Crippen LogP contribution is -2.50. The van der Waals surface area contributed by atoms with Crippen LogP contribution in [0.2, 0.25) is 5.02 Å². The van der Waals surface area contributed by atoms with E-state index < -0.39 is 9.84 Å². The summed E-state index contributed by atoms with van der Waals surface area (Å²) in [4.78, 5) is 28.3. The second kappa shape index (κ2) is 7.33. The first-order valence-electron chi connectivity index (χ1n) is 8.38. The molecule has 0 radical (unpaired) electrons. The average Bonchev–Trinajstić information content (AvgIpc) is 2.93. The fourth-order valence-electron chi connectivity index (χ4n) is 3.37. The van der Waals surface area contributed by atoms with Gasteiger partial charge in [-0.05, 0) is 24.5 Å². The number of amides is 2. The monoisotopic (exact) mass is 384 g/mol. The van der Waals surface area contributed by atoms with Crippen LogP contribution in [0.5, 0.6) is 0 Å². The molecule has 25 heavy (non-hydrogen) atoms. The molecular formula is C17H21ClN2O4S. The number of hydrogen-bond donors (Lipinski definition) is 0. The molecule has 8 heteroatoms. The van der Waals surface area contributed by atoms with Crippen LogP contribution in [-0.4, -0.2) is 67.7 Å². The molecule has 2 fully saturated rings. The zero-order valence-corrected chi connectivity index (χ0v) is 15.4. The second-order valence-electron chi connectivity index (χ2n) is 6.63. The van der Waals surface area contributed by atoms with E-state index in [0.717, 1.165) is 0 Å². The van der Waals surface area contributed by atoms with Crippen molar-refractivity contribution in [2.45, 2.75) is 12.8 Å². The van der Waals surface area contributed by atoms with Gasteiger partial charge in [0.15, 0.2) is 9.84 Å². The minimum Gasteiger partial charge on any atom is -0.339 e. The molecule has 0 aliphatic carbocycles. The number of carbonyl (C=O) groups excluding carboxylic acids is 2. The highest BCUT2D eigenvalue weighted by Gasteiger charge is 2.32. The first-order chi connectivity index (χ1) is 11.9. The summed E-state index contributed by atoms with van der Waals surface area (Å²) in [6.45, 7) is 1.85. The molecule has 1 atom stereocenters. The molecular weight excluding hydrogens is 364 g/mol. The molecule has 1 aromatic carbocycles. The molecule has 1 unspecified atom stereocenters. The number of hydrogen-bond acceptors (Lipinski definition) is 4. The zero-order chi connectivity index (χ0) is 18.0. The molecule has 2 saturated heterocycles. The Labute approximate surface area is 152 Å². The van der Waals surface area contributed by atoms with Crippen LogP contribution in [0.1, 0.15) is 23.2 Å². The predicted octanol–water partition coefficient (Wildman–Crippen LogP) is 1.45.